The number of nitrogens with one attached hydrogen (secondary N) is 1. The monoisotopic (exact) mass is 275 g/mol. The van der Waals surface area contributed by atoms with E-state index >= 15 is 0 Å². The van der Waals surface area contributed by atoms with E-state index in [4.69, 9.17) is 5.73 Å². The fourth-order valence-electron chi connectivity index (χ4n) is 2.81. The molecule has 20 heavy (non-hydrogen) atoms. The Hall–Kier alpha value is -1.39. The van der Waals surface area contributed by atoms with Crippen LogP contribution in [0.2, 0.25) is 0 Å². The van der Waals surface area contributed by atoms with Crippen LogP contribution in [0.25, 0.3) is 0 Å². The summed E-state index contributed by atoms with van der Waals surface area (Å²) in [5, 5.41) is 3.08. The maximum atomic E-state index is 12.3. The number of rotatable bonds is 4. The van der Waals surface area contributed by atoms with Crippen molar-refractivity contribution >= 4 is 11.6 Å². The van der Waals surface area contributed by atoms with Crippen LogP contribution < -0.4 is 11.1 Å². The molecule has 1 aromatic rings. The number of hydrogen-bond donors (Lipinski definition) is 2. The van der Waals surface area contributed by atoms with Crippen LogP contribution in [0.5, 0.6) is 0 Å². The molecular weight excluding hydrogens is 250 g/mol. The Morgan fingerprint density at radius 1 is 1.40 bits per heavy atom. The molecule has 0 spiro atoms. The SMILES string of the molecule is Cc1ccc(NC(=O)C2CCC(N)C2)c(CN(C)C)c1. The zero-order valence-electron chi connectivity index (χ0n) is 12.6. The van der Waals surface area contributed by atoms with Gasteiger partial charge in [0.1, 0.15) is 0 Å². The van der Waals surface area contributed by atoms with Crippen molar-refractivity contribution in [2.24, 2.45) is 11.7 Å². The molecule has 0 heterocycles. The zero-order chi connectivity index (χ0) is 14.7. The zero-order valence-corrected chi connectivity index (χ0v) is 12.6. The number of amides is 1. The lowest BCUT2D eigenvalue weighted by Crippen LogP contribution is -2.24. The quantitative estimate of drug-likeness (QED) is 0.885. The average Bonchev–Trinajstić information content (AvgIpc) is 2.78. The third kappa shape index (κ3) is 3.81. The summed E-state index contributed by atoms with van der Waals surface area (Å²) in [4.78, 5) is 14.4. The van der Waals surface area contributed by atoms with Gasteiger partial charge in [-0.05, 0) is 51.9 Å². The van der Waals surface area contributed by atoms with Crippen molar-refractivity contribution in [1.82, 2.24) is 4.90 Å². The molecule has 4 nitrogen and oxygen atoms in total. The van der Waals surface area contributed by atoms with E-state index in [1.54, 1.807) is 0 Å². The van der Waals surface area contributed by atoms with E-state index in [9.17, 15) is 4.79 Å². The van der Waals surface area contributed by atoms with Crippen molar-refractivity contribution in [3.63, 3.8) is 0 Å². The molecule has 2 atom stereocenters. The Bertz CT molecular complexity index is 485. The minimum atomic E-state index is 0.0681. The third-order valence-electron chi connectivity index (χ3n) is 3.85. The summed E-state index contributed by atoms with van der Waals surface area (Å²) >= 11 is 0. The van der Waals surface area contributed by atoms with Gasteiger partial charge < -0.3 is 16.0 Å². The first-order valence-corrected chi connectivity index (χ1v) is 7.26. The number of nitrogens with two attached hydrogens (primary N) is 1. The Balaban J connectivity index is 2.10. The highest BCUT2D eigenvalue weighted by Gasteiger charge is 2.28. The molecule has 1 amide bonds. The molecule has 0 radical (unpaired) electrons. The van der Waals surface area contributed by atoms with Gasteiger partial charge in [-0.25, -0.2) is 0 Å². The van der Waals surface area contributed by atoms with Gasteiger partial charge in [0.25, 0.3) is 0 Å². The van der Waals surface area contributed by atoms with Gasteiger partial charge in [0.15, 0.2) is 0 Å². The molecule has 0 aromatic heterocycles. The molecule has 0 aliphatic heterocycles. The normalized spacial score (nSPS) is 22.2. The minimum absolute atomic E-state index is 0.0681. The highest BCUT2D eigenvalue weighted by molar-refractivity contribution is 5.93. The highest BCUT2D eigenvalue weighted by Crippen LogP contribution is 2.26. The van der Waals surface area contributed by atoms with E-state index in [1.165, 1.54) is 5.56 Å². The van der Waals surface area contributed by atoms with Crippen molar-refractivity contribution < 1.29 is 4.79 Å². The van der Waals surface area contributed by atoms with Crippen LogP contribution in [0, 0.1) is 12.8 Å². The lowest BCUT2D eigenvalue weighted by Gasteiger charge is -2.17. The molecule has 0 saturated heterocycles. The summed E-state index contributed by atoms with van der Waals surface area (Å²) in [6.45, 7) is 2.89. The summed E-state index contributed by atoms with van der Waals surface area (Å²) in [5.41, 5.74) is 9.18. The molecule has 1 aromatic carbocycles. The van der Waals surface area contributed by atoms with Gasteiger partial charge in [-0.3, -0.25) is 4.79 Å². The summed E-state index contributed by atoms with van der Waals surface area (Å²) in [6.07, 6.45) is 2.67. The van der Waals surface area contributed by atoms with Crippen LogP contribution in [0.3, 0.4) is 0 Å². The lowest BCUT2D eigenvalue weighted by atomic mass is 10.1. The first-order chi connectivity index (χ1) is 9.45. The molecule has 110 valence electrons. The molecule has 2 rings (SSSR count). The first kappa shape index (κ1) is 15.0. The van der Waals surface area contributed by atoms with Crippen LogP contribution in [0.4, 0.5) is 5.69 Å². The number of nitrogens with zero attached hydrogens (tertiary/aromatic N) is 1. The molecule has 2 unspecified atom stereocenters. The van der Waals surface area contributed by atoms with Crippen LogP contribution in [-0.4, -0.2) is 30.9 Å². The van der Waals surface area contributed by atoms with Crippen molar-refractivity contribution in [1.29, 1.82) is 0 Å². The maximum absolute atomic E-state index is 12.3. The van der Waals surface area contributed by atoms with Gasteiger partial charge in [0.2, 0.25) is 5.91 Å². The summed E-state index contributed by atoms with van der Waals surface area (Å²) in [7, 11) is 4.06. The largest absolute Gasteiger partial charge is 0.328 e. The van der Waals surface area contributed by atoms with Gasteiger partial charge >= 0.3 is 0 Å². The number of benzene rings is 1. The van der Waals surface area contributed by atoms with E-state index in [1.807, 2.05) is 26.2 Å². The number of anilines is 1. The number of hydrogen-bond acceptors (Lipinski definition) is 3. The fourth-order valence-corrected chi connectivity index (χ4v) is 2.81. The lowest BCUT2D eigenvalue weighted by molar-refractivity contribution is -0.119. The van der Waals surface area contributed by atoms with E-state index in [0.29, 0.717) is 0 Å². The average molecular weight is 275 g/mol. The second kappa shape index (κ2) is 6.37. The van der Waals surface area contributed by atoms with E-state index in [0.717, 1.165) is 37.1 Å². The van der Waals surface area contributed by atoms with E-state index in [-0.39, 0.29) is 17.9 Å². The van der Waals surface area contributed by atoms with Gasteiger partial charge in [-0.2, -0.15) is 0 Å². The smallest absolute Gasteiger partial charge is 0.227 e. The minimum Gasteiger partial charge on any atom is -0.328 e. The molecule has 1 fully saturated rings. The van der Waals surface area contributed by atoms with E-state index < -0.39 is 0 Å². The molecule has 1 saturated carbocycles. The Morgan fingerprint density at radius 3 is 2.75 bits per heavy atom. The van der Waals surface area contributed by atoms with Crippen molar-refractivity contribution in [3.05, 3.63) is 29.3 Å². The number of carbonyl (C=O) groups is 1. The predicted molar refractivity (Wildman–Crippen MR) is 82.5 cm³/mol. The second-order valence-electron chi connectivity index (χ2n) is 6.16. The highest BCUT2D eigenvalue weighted by atomic mass is 16.1. The third-order valence-corrected chi connectivity index (χ3v) is 3.85. The van der Waals surface area contributed by atoms with Crippen LogP contribution in [0.15, 0.2) is 18.2 Å². The van der Waals surface area contributed by atoms with Gasteiger partial charge in [-0.15, -0.1) is 0 Å². The molecular formula is C16H25N3O. The Kier molecular flexibility index (Phi) is 4.78. The molecule has 3 N–H and O–H groups in total. The van der Waals surface area contributed by atoms with Crippen molar-refractivity contribution in [2.45, 2.75) is 38.8 Å². The summed E-state index contributed by atoms with van der Waals surface area (Å²) in [6, 6.07) is 6.36. The maximum Gasteiger partial charge on any atom is 0.227 e. The van der Waals surface area contributed by atoms with Gasteiger partial charge in [0, 0.05) is 24.2 Å². The second-order valence-corrected chi connectivity index (χ2v) is 6.16. The molecule has 0 bridgehead atoms. The summed E-state index contributed by atoms with van der Waals surface area (Å²) in [5.74, 6) is 0.181. The standard InChI is InChI=1S/C16H25N3O/c1-11-4-7-15(13(8-11)10-19(2)3)18-16(20)12-5-6-14(17)9-12/h4,7-8,12,14H,5-6,9-10,17H2,1-3H3,(H,18,20). The molecule has 4 heteroatoms. The van der Waals surface area contributed by atoms with Crippen molar-refractivity contribution in [3.8, 4) is 0 Å². The van der Waals surface area contributed by atoms with Crippen molar-refractivity contribution in [2.75, 3.05) is 19.4 Å². The number of carbonyl (C=O) groups excluding carboxylic acids is 1. The van der Waals surface area contributed by atoms with E-state index in [2.05, 4.69) is 23.2 Å². The Labute approximate surface area is 121 Å². The van der Waals surface area contributed by atoms with Gasteiger partial charge in [0.05, 0.1) is 0 Å². The Morgan fingerprint density at radius 2 is 2.15 bits per heavy atom. The topological polar surface area (TPSA) is 58.4 Å². The summed E-state index contributed by atoms with van der Waals surface area (Å²) < 4.78 is 0. The van der Waals surface area contributed by atoms with Crippen LogP contribution in [0.1, 0.15) is 30.4 Å². The van der Waals surface area contributed by atoms with Crippen LogP contribution in [-0.2, 0) is 11.3 Å². The number of aryl methyl sites for hydroxylation is 1. The fraction of sp³-hybridized carbons (Fsp3) is 0.562. The predicted octanol–water partition coefficient (Wildman–Crippen LogP) is 2.12. The van der Waals surface area contributed by atoms with Gasteiger partial charge in [-0.1, -0.05) is 17.7 Å². The van der Waals surface area contributed by atoms with Crippen LogP contribution >= 0.6 is 0 Å². The first-order valence-electron chi connectivity index (χ1n) is 7.26. The molecule has 1 aliphatic rings. The molecule has 1 aliphatic carbocycles.